The zero-order valence-corrected chi connectivity index (χ0v) is 20.2. The van der Waals surface area contributed by atoms with Crippen LogP contribution in [0.3, 0.4) is 0 Å². The third kappa shape index (κ3) is 4.70. The van der Waals surface area contributed by atoms with Crippen molar-refractivity contribution in [1.29, 1.82) is 0 Å². The summed E-state index contributed by atoms with van der Waals surface area (Å²) >= 11 is 0. The molecule has 0 aliphatic carbocycles. The Labute approximate surface area is 204 Å². The molecule has 0 bridgehead atoms. The summed E-state index contributed by atoms with van der Waals surface area (Å²) < 4.78 is 30.0. The Morgan fingerprint density at radius 1 is 0.971 bits per heavy atom. The van der Waals surface area contributed by atoms with E-state index in [2.05, 4.69) is 49.2 Å². The third-order valence-electron chi connectivity index (χ3n) is 6.52. The lowest BCUT2D eigenvalue weighted by molar-refractivity contribution is 0.589. The van der Waals surface area contributed by atoms with E-state index in [9.17, 15) is 4.39 Å². The first-order valence-corrected chi connectivity index (χ1v) is 11.9. The van der Waals surface area contributed by atoms with Gasteiger partial charge in [0.05, 0.1) is 29.5 Å². The summed E-state index contributed by atoms with van der Waals surface area (Å²) in [5, 5.41) is 6.37. The van der Waals surface area contributed by atoms with Crippen LogP contribution in [0.2, 0.25) is 0 Å². The number of hydrogen-bond donors (Lipinski definition) is 2. The highest BCUT2D eigenvalue weighted by Gasteiger charge is 2.27. The van der Waals surface area contributed by atoms with Crippen molar-refractivity contribution in [3.8, 4) is 11.3 Å². The molecular weight excluding hydrogens is 450 g/mol. The number of likely N-dealkylation sites (N-methyl/N-ethyl adjacent to an activating group) is 1. The molecule has 184 valence electrons. The van der Waals surface area contributed by atoms with Crippen LogP contribution in [0.5, 0.6) is 0 Å². The van der Waals surface area contributed by atoms with Crippen LogP contribution in [-0.2, 0) is 0 Å². The highest BCUT2D eigenvalue weighted by atomic mass is 19.1. The van der Waals surface area contributed by atoms with Crippen molar-refractivity contribution in [2.75, 3.05) is 66.3 Å². The molecule has 3 aromatic rings. The van der Waals surface area contributed by atoms with Gasteiger partial charge in [0.1, 0.15) is 17.3 Å². The second-order valence-corrected chi connectivity index (χ2v) is 9.19. The quantitative estimate of drug-likeness (QED) is 0.574. The van der Waals surface area contributed by atoms with Crippen molar-refractivity contribution in [3.63, 3.8) is 0 Å². The minimum atomic E-state index is -0.614. The van der Waals surface area contributed by atoms with Gasteiger partial charge in [-0.15, -0.1) is 0 Å². The molecule has 10 heteroatoms. The molecule has 2 aromatic heterocycles. The van der Waals surface area contributed by atoms with E-state index < -0.39 is 11.6 Å². The molecule has 1 aromatic carbocycles. The molecule has 5 rings (SSSR count). The number of nitrogens with zero attached hydrogens (tertiary/aromatic N) is 6. The number of fused-ring (bicyclic) bond motifs is 1. The number of anilines is 5. The number of nitrogens with one attached hydrogen (secondary N) is 2. The van der Waals surface area contributed by atoms with Crippen molar-refractivity contribution >= 4 is 28.8 Å². The van der Waals surface area contributed by atoms with Gasteiger partial charge in [0.25, 0.3) is 0 Å². The third-order valence-corrected chi connectivity index (χ3v) is 6.52. The Balaban J connectivity index is 1.43. The Morgan fingerprint density at radius 3 is 2.49 bits per heavy atom. The summed E-state index contributed by atoms with van der Waals surface area (Å²) in [4.78, 5) is 19.2. The summed E-state index contributed by atoms with van der Waals surface area (Å²) in [5.41, 5.74) is 2.71. The summed E-state index contributed by atoms with van der Waals surface area (Å²) in [7, 11) is 1.87. The highest BCUT2D eigenvalue weighted by Crippen LogP contribution is 2.39. The maximum atomic E-state index is 15.2. The summed E-state index contributed by atoms with van der Waals surface area (Å²) in [6.45, 7) is 9.36. The number of pyridine rings is 1. The smallest absolute Gasteiger partial charge is 0.229 e. The van der Waals surface area contributed by atoms with Gasteiger partial charge in [0, 0.05) is 57.9 Å². The largest absolute Gasteiger partial charge is 0.369 e. The van der Waals surface area contributed by atoms with Crippen LogP contribution >= 0.6 is 0 Å². The lowest BCUT2D eigenvalue weighted by Gasteiger charge is -2.39. The van der Waals surface area contributed by atoms with Crippen molar-refractivity contribution in [1.82, 2.24) is 20.3 Å². The first-order chi connectivity index (χ1) is 16.9. The van der Waals surface area contributed by atoms with Crippen molar-refractivity contribution < 1.29 is 8.78 Å². The summed E-state index contributed by atoms with van der Waals surface area (Å²) in [5.74, 6) is -0.273. The van der Waals surface area contributed by atoms with E-state index in [1.165, 1.54) is 6.07 Å². The van der Waals surface area contributed by atoms with Gasteiger partial charge in [-0.25, -0.2) is 23.7 Å². The number of hydrogen-bond acceptors (Lipinski definition) is 8. The molecule has 8 nitrogen and oxygen atoms in total. The van der Waals surface area contributed by atoms with E-state index in [1.54, 1.807) is 6.20 Å². The van der Waals surface area contributed by atoms with Crippen LogP contribution in [0.4, 0.5) is 37.6 Å². The molecule has 4 heterocycles. The van der Waals surface area contributed by atoms with Crippen LogP contribution in [0.1, 0.15) is 13.8 Å². The monoisotopic (exact) mass is 480 g/mol. The Hall–Kier alpha value is -3.53. The maximum Gasteiger partial charge on any atom is 0.229 e. The van der Waals surface area contributed by atoms with Gasteiger partial charge in [-0.3, -0.25) is 0 Å². The van der Waals surface area contributed by atoms with Gasteiger partial charge >= 0.3 is 0 Å². The van der Waals surface area contributed by atoms with Gasteiger partial charge in [0.15, 0.2) is 5.82 Å². The van der Waals surface area contributed by atoms with Crippen LogP contribution in [-0.4, -0.2) is 67.3 Å². The lowest BCUT2D eigenvalue weighted by Crippen LogP contribution is -2.43. The van der Waals surface area contributed by atoms with E-state index >= 15 is 4.39 Å². The molecule has 0 saturated carbocycles. The Morgan fingerprint density at radius 2 is 1.77 bits per heavy atom. The molecule has 2 aliphatic heterocycles. The molecule has 0 radical (unpaired) electrons. The molecule has 0 unspecified atom stereocenters. The van der Waals surface area contributed by atoms with Gasteiger partial charge < -0.3 is 25.3 Å². The molecule has 1 saturated heterocycles. The van der Waals surface area contributed by atoms with Crippen LogP contribution < -0.4 is 25.3 Å². The van der Waals surface area contributed by atoms with E-state index in [0.717, 1.165) is 56.8 Å². The molecule has 2 aliphatic rings. The normalized spacial score (nSPS) is 16.0. The fourth-order valence-corrected chi connectivity index (χ4v) is 4.66. The number of benzene rings is 1. The first-order valence-electron chi connectivity index (χ1n) is 11.9. The predicted octanol–water partition coefficient (Wildman–Crippen LogP) is 3.63. The van der Waals surface area contributed by atoms with Gasteiger partial charge in [-0.1, -0.05) is 0 Å². The zero-order chi connectivity index (χ0) is 24.5. The van der Waals surface area contributed by atoms with Crippen LogP contribution in [0, 0.1) is 11.6 Å². The maximum absolute atomic E-state index is 15.2. The van der Waals surface area contributed by atoms with Crippen molar-refractivity contribution in [2.45, 2.75) is 19.9 Å². The minimum absolute atomic E-state index is 0.0403. The SMILES string of the molecule is CC(C)N1CCN(C)c2c(F)cc(-c3nc(Nc4ccc(N5CCNCC5)cn4)ncc3F)cc21. The topological polar surface area (TPSA) is 72.5 Å². The van der Waals surface area contributed by atoms with Crippen molar-refractivity contribution in [2.24, 2.45) is 0 Å². The van der Waals surface area contributed by atoms with Crippen molar-refractivity contribution in [3.05, 3.63) is 48.3 Å². The Kier molecular flexibility index (Phi) is 6.38. The molecule has 2 N–H and O–H groups in total. The summed E-state index contributed by atoms with van der Waals surface area (Å²) in [6, 6.07) is 7.16. The van der Waals surface area contributed by atoms with Gasteiger partial charge in [-0.05, 0) is 38.1 Å². The molecule has 1 fully saturated rings. The fourth-order valence-electron chi connectivity index (χ4n) is 4.66. The van der Waals surface area contributed by atoms with E-state index in [4.69, 9.17) is 0 Å². The highest BCUT2D eigenvalue weighted by molar-refractivity contribution is 5.80. The number of piperazine rings is 1. The first kappa shape index (κ1) is 23.2. The van der Waals surface area contributed by atoms with Gasteiger partial charge in [0.2, 0.25) is 5.95 Å². The van der Waals surface area contributed by atoms with Crippen LogP contribution in [0.15, 0.2) is 36.7 Å². The second-order valence-electron chi connectivity index (χ2n) is 9.19. The number of halogens is 2. The van der Waals surface area contributed by atoms with E-state index in [1.807, 2.05) is 30.1 Å². The average molecular weight is 481 g/mol. The number of aromatic nitrogens is 3. The fraction of sp³-hybridized carbons (Fsp3) is 0.400. The van der Waals surface area contributed by atoms with Crippen LogP contribution in [0.25, 0.3) is 11.3 Å². The van der Waals surface area contributed by atoms with Gasteiger partial charge in [-0.2, -0.15) is 0 Å². The van der Waals surface area contributed by atoms with E-state index in [-0.39, 0.29) is 17.7 Å². The van der Waals surface area contributed by atoms with E-state index in [0.29, 0.717) is 17.1 Å². The zero-order valence-electron chi connectivity index (χ0n) is 20.2. The standard InChI is InChI=1S/C25H30F2N8/c1-16(2)35-11-10-33(3)24-19(26)12-17(13-21(24)35)23-20(27)15-30-25(32-23)31-22-5-4-18(14-29-22)34-8-6-28-7-9-34/h4-5,12-16,28H,6-11H2,1-3H3,(H,29,30,31,32). The molecule has 0 spiro atoms. The summed E-state index contributed by atoms with van der Waals surface area (Å²) in [6.07, 6.45) is 2.90. The molecule has 35 heavy (non-hydrogen) atoms. The second kappa shape index (κ2) is 9.61. The predicted molar refractivity (Wildman–Crippen MR) is 136 cm³/mol. The number of rotatable bonds is 5. The molecule has 0 atom stereocenters. The molecule has 0 amide bonds. The lowest BCUT2D eigenvalue weighted by atomic mass is 10.0. The average Bonchev–Trinajstić information content (AvgIpc) is 2.86. The minimum Gasteiger partial charge on any atom is -0.369 e. The Bertz CT molecular complexity index is 1190. The molecular formula is C25H30F2N8.